The van der Waals surface area contributed by atoms with Gasteiger partial charge in [-0.05, 0) is 33.8 Å². The van der Waals surface area contributed by atoms with Gasteiger partial charge in [0.05, 0.1) is 6.20 Å². The summed E-state index contributed by atoms with van der Waals surface area (Å²) in [5.41, 5.74) is 0.176. The minimum Gasteiger partial charge on any atom is -0.457 e. The maximum absolute atomic E-state index is 11.3. The van der Waals surface area contributed by atoms with Gasteiger partial charge in [0.1, 0.15) is 11.3 Å². The molecule has 1 rings (SSSR count). The van der Waals surface area contributed by atoms with Gasteiger partial charge in [0.15, 0.2) is 0 Å². The Morgan fingerprint density at radius 3 is 2.75 bits per heavy atom. The van der Waals surface area contributed by atoms with Gasteiger partial charge in [-0.25, -0.2) is 4.79 Å². The summed E-state index contributed by atoms with van der Waals surface area (Å²) in [6.45, 7) is 8.20. The van der Waals surface area contributed by atoms with Gasteiger partial charge in [0.2, 0.25) is 0 Å². The first-order valence-electron chi connectivity index (χ1n) is 5.22. The molecule has 0 saturated carbocycles. The second-order valence-corrected chi connectivity index (χ2v) is 4.37. The molecule has 88 valence electrons. The number of ether oxygens (including phenoxy) is 1. The first-order valence-corrected chi connectivity index (χ1v) is 5.22. The minimum absolute atomic E-state index is 0.376. The van der Waals surface area contributed by atoms with Gasteiger partial charge in [0.25, 0.3) is 0 Å². The van der Waals surface area contributed by atoms with Gasteiger partial charge in [-0.15, -0.1) is 5.10 Å². The van der Waals surface area contributed by atoms with Crippen molar-refractivity contribution in [2.24, 2.45) is 0 Å². The quantitative estimate of drug-likeness (QED) is 0.577. The van der Waals surface area contributed by atoms with Crippen molar-refractivity contribution in [2.45, 2.75) is 39.8 Å². The molecular weight excluding hydrogens is 206 g/mol. The fraction of sp³-hybridized carbons (Fsp3) is 0.545. The molecule has 0 radical (unpaired) electrons. The molecule has 0 saturated heterocycles. The molecule has 0 atom stereocenters. The third-order valence-electron chi connectivity index (χ3n) is 1.68. The van der Waals surface area contributed by atoms with Crippen molar-refractivity contribution in [3.63, 3.8) is 0 Å². The Balaban J connectivity index is 2.56. The molecule has 1 heterocycles. The first-order chi connectivity index (χ1) is 7.40. The van der Waals surface area contributed by atoms with Crippen LogP contribution in [0.2, 0.25) is 0 Å². The van der Waals surface area contributed by atoms with E-state index in [0.717, 1.165) is 6.54 Å². The summed E-state index contributed by atoms with van der Waals surface area (Å²) in [6.07, 6.45) is 4.71. The van der Waals surface area contributed by atoms with Crippen molar-refractivity contribution in [2.75, 3.05) is 0 Å². The van der Waals surface area contributed by atoms with E-state index in [9.17, 15) is 4.79 Å². The van der Waals surface area contributed by atoms with E-state index in [-0.39, 0.29) is 5.97 Å². The highest BCUT2D eigenvalue weighted by Crippen LogP contribution is 2.07. The van der Waals surface area contributed by atoms with E-state index < -0.39 is 5.60 Å². The van der Waals surface area contributed by atoms with E-state index in [0.29, 0.717) is 5.69 Å². The summed E-state index contributed by atoms with van der Waals surface area (Å²) in [5.74, 6) is -0.376. The van der Waals surface area contributed by atoms with Crippen molar-refractivity contribution < 1.29 is 9.53 Å². The van der Waals surface area contributed by atoms with E-state index >= 15 is 0 Å². The molecule has 0 amide bonds. The van der Waals surface area contributed by atoms with Crippen molar-refractivity contribution in [3.8, 4) is 0 Å². The molecule has 0 spiro atoms. The summed E-state index contributed by atoms with van der Waals surface area (Å²) >= 11 is 0. The fourth-order valence-electron chi connectivity index (χ4n) is 1.03. The minimum atomic E-state index is -0.470. The number of aromatic nitrogens is 3. The summed E-state index contributed by atoms with van der Waals surface area (Å²) < 4.78 is 6.80. The summed E-state index contributed by atoms with van der Waals surface area (Å²) in [4.78, 5) is 11.3. The predicted molar refractivity (Wildman–Crippen MR) is 60.6 cm³/mol. The Morgan fingerprint density at radius 1 is 1.56 bits per heavy atom. The monoisotopic (exact) mass is 223 g/mol. The van der Waals surface area contributed by atoms with Crippen LogP contribution in [0.1, 0.15) is 33.4 Å². The van der Waals surface area contributed by atoms with Crippen molar-refractivity contribution in [1.29, 1.82) is 0 Å². The third kappa shape index (κ3) is 4.25. The van der Waals surface area contributed by atoms with Gasteiger partial charge in [-0.2, -0.15) is 0 Å². The lowest BCUT2D eigenvalue weighted by molar-refractivity contribution is -0.148. The summed E-state index contributed by atoms with van der Waals surface area (Å²) in [6, 6.07) is 0. The molecule has 1 aromatic heterocycles. The highest BCUT2D eigenvalue weighted by atomic mass is 16.6. The van der Waals surface area contributed by atoms with Crippen LogP contribution in [0.25, 0.3) is 6.08 Å². The number of esters is 1. The highest BCUT2D eigenvalue weighted by Gasteiger charge is 2.13. The number of nitrogens with zero attached hydrogens (tertiary/aromatic N) is 3. The lowest BCUT2D eigenvalue weighted by Crippen LogP contribution is -2.22. The number of carbonyl (C=O) groups is 1. The largest absolute Gasteiger partial charge is 0.457 e. The Labute approximate surface area is 95.1 Å². The summed E-state index contributed by atoms with van der Waals surface area (Å²) in [5, 5.41) is 7.72. The topological polar surface area (TPSA) is 57.0 Å². The lowest BCUT2D eigenvalue weighted by Gasteiger charge is -2.17. The first kappa shape index (κ1) is 12.4. The maximum Gasteiger partial charge on any atom is 0.331 e. The second kappa shape index (κ2) is 4.92. The molecule has 0 fully saturated rings. The van der Waals surface area contributed by atoms with E-state index in [1.54, 1.807) is 17.0 Å². The summed E-state index contributed by atoms with van der Waals surface area (Å²) in [7, 11) is 0. The molecule has 1 aromatic rings. The normalized spacial score (nSPS) is 12.0. The smallest absolute Gasteiger partial charge is 0.331 e. The van der Waals surface area contributed by atoms with Crippen LogP contribution in [0, 0.1) is 0 Å². The van der Waals surface area contributed by atoms with Crippen molar-refractivity contribution in [3.05, 3.63) is 18.0 Å². The van der Waals surface area contributed by atoms with Crippen LogP contribution in [0.5, 0.6) is 0 Å². The Kier molecular flexibility index (Phi) is 3.82. The van der Waals surface area contributed by atoms with Crippen LogP contribution < -0.4 is 0 Å². The standard InChI is InChI=1S/C11H17N3O2/c1-5-14-8-9(12-13-14)6-7-10(15)16-11(2,3)4/h6-8H,5H2,1-4H3/b7-6+. The van der Waals surface area contributed by atoms with Gasteiger partial charge >= 0.3 is 5.97 Å². The van der Waals surface area contributed by atoms with E-state index in [4.69, 9.17) is 4.74 Å². The maximum atomic E-state index is 11.3. The molecule has 0 aromatic carbocycles. The molecular formula is C11H17N3O2. The van der Waals surface area contributed by atoms with Crippen LogP contribution in [0.15, 0.2) is 12.3 Å². The highest BCUT2D eigenvalue weighted by molar-refractivity contribution is 5.86. The van der Waals surface area contributed by atoms with Crippen LogP contribution in [-0.4, -0.2) is 26.6 Å². The van der Waals surface area contributed by atoms with Crippen LogP contribution in [0.3, 0.4) is 0 Å². The fourth-order valence-corrected chi connectivity index (χ4v) is 1.03. The number of aryl methyl sites for hydroxylation is 1. The predicted octanol–water partition coefficient (Wildman–Crippen LogP) is 1.65. The van der Waals surface area contributed by atoms with Crippen LogP contribution in [-0.2, 0) is 16.1 Å². The average Bonchev–Trinajstić information content (AvgIpc) is 2.59. The molecule has 5 nitrogen and oxygen atoms in total. The zero-order valence-corrected chi connectivity index (χ0v) is 10.1. The molecule has 16 heavy (non-hydrogen) atoms. The van der Waals surface area contributed by atoms with Gasteiger partial charge in [-0.1, -0.05) is 5.21 Å². The van der Waals surface area contributed by atoms with Crippen LogP contribution >= 0.6 is 0 Å². The van der Waals surface area contributed by atoms with Crippen molar-refractivity contribution in [1.82, 2.24) is 15.0 Å². The lowest BCUT2D eigenvalue weighted by atomic mass is 10.2. The SMILES string of the molecule is CCn1cc(/C=C/C(=O)OC(C)(C)C)nn1. The van der Waals surface area contributed by atoms with Gasteiger partial charge in [0, 0.05) is 12.6 Å². The zero-order chi connectivity index (χ0) is 12.2. The molecule has 0 aliphatic rings. The molecule has 0 aliphatic carbocycles. The molecule has 0 N–H and O–H groups in total. The molecule has 0 unspecified atom stereocenters. The molecule has 0 bridgehead atoms. The number of hydrogen-bond donors (Lipinski definition) is 0. The Hall–Kier alpha value is -1.65. The average molecular weight is 223 g/mol. The number of hydrogen-bond acceptors (Lipinski definition) is 4. The van der Waals surface area contributed by atoms with Gasteiger partial charge < -0.3 is 4.74 Å². The number of carbonyl (C=O) groups excluding carboxylic acids is 1. The van der Waals surface area contributed by atoms with Crippen molar-refractivity contribution >= 4 is 12.0 Å². The Morgan fingerprint density at radius 2 is 2.25 bits per heavy atom. The number of rotatable bonds is 3. The molecule has 0 aliphatic heterocycles. The van der Waals surface area contributed by atoms with Gasteiger partial charge in [-0.3, -0.25) is 4.68 Å². The van der Waals surface area contributed by atoms with E-state index in [1.807, 2.05) is 27.7 Å². The van der Waals surface area contributed by atoms with Crippen LogP contribution in [0.4, 0.5) is 0 Å². The van der Waals surface area contributed by atoms with E-state index in [2.05, 4.69) is 10.3 Å². The second-order valence-electron chi connectivity index (χ2n) is 4.37. The Bertz CT molecular complexity index is 388. The zero-order valence-electron chi connectivity index (χ0n) is 10.1. The molecule has 5 heteroatoms. The van der Waals surface area contributed by atoms with E-state index in [1.165, 1.54) is 6.08 Å². The third-order valence-corrected chi connectivity index (χ3v) is 1.68.